The molecule has 0 amide bonds. The molecule has 1 heterocycles. The van der Waals surface area contributed by atoms with Crippen LogP contribution in [0.1, 0.15) is 22.3 Å². The van der Waals surface area contributed by atoms with Crippen molar-refractivity contribution in [3.8, 4) is 78.1 Å². The molecule has 0 radical (unpaired) electrons. The van der Waals surface area contributed by atoms with Gasteiger partial charge in [0.15, 0.2) is 0 Å². The summed E-state index contributed by atoms with van der Waals surface area (Å²) in [5.41, 5.74) is 20.7. The van der Waals surface area contributed by atoms with E-state index >= 15 is 0 Å². The highest BCUT2D eigenvalue weighted by Crippen LogP contribution is 2.58. The van der Waals surface area contributed by atoms with Gasteiger partial charge in [0.25, 0.3) is 0 Å². The molecule has 0 unspecified atom stereocenters. The van der Waals surface area contributed by atoms with Crippen LogP contribution < -0.4 is 0 Å². The van der Waals surface area contributed by atoms with E-state index in [-0.39, 0.29) is 0 Å². The summed E-state index contributed by atoms with van der Waals surface area (Å²) in [5, 5.41) is 2.47. The number of hydrogen-bond donors (Lipinski definition) is 0. The summed E-state index contributed by atoms with van der Waals surface area (Å²) >= 11 is 0. The lowest BCUT2D eigenvalue weighted by Gasteiger charge is -2.34. The highest BCUT2D eigenvalue weighted by Gasteiger charge is 2.46. The van der Waals surface area contributed by atoms with Crippen LogP contribution in [-0.4, -0.2) is 4.98 Å². The molecular weight excluding hydrogens is 783 g/mol. The second-order valence-electron chi connectivity index (χ2n) is 17.0. The average molecular weight is 826 g/mol. The zero-order chi connectivity index (χ0) is 43.2. The highest BCUT2D eigenvalue weighted by atomic mass is 14.7. The molecule has 0 bridgehead atoms. The normalized spacial score (nSPS) is 12.4. The summed E-state index contributed by atoms with van der Waals surface area (Å²) in [6.07, 6.45) is 0. The van der Waals surface area contributed by atoms with Gasteiger partial charge in [0.2, 0.25) is 0 Å². The van der Waals surface area contributed by atoms with Gasteiger partial charge in [-0.1, -0.05) is 224 Å². The molecule has 0 aliphatic heterocycles. The fourth-order valence-electron chi connectivity index (χ4n) is 10.3. The molecule has 1 aliphatic rings. The van der Waals surface area contributed by atoms with Gasteiger partial charge in [-0.3, -0.25) is 0 Å². The quantitative estimate of drug-likeness (QED) is 0.149. The Morgan fingerprint density at radius 2 is 0.738 bits per heavy atom. The van der Waals surface area contributed by atoms with Crippen molar-refractivity contribution < 1.29 is 0 Å². The number of fused-ring (bicyclic) bond motifs is 4. The lowest BCUT2D eigenvalue weighted by atomic mass is 9.67. The van der Waals surface area contributed by atoms with Gasteiger partial charge in [0.1, 0.15) is 0 Å². The Kier molecular flexibility index (Phi) is 9.46. The minimum atomic E-state index is -0.502. The van der Waals surface area contributed by atoms with Crippen molar-refractivity contribution >= 4 is 10.8 Å². The summed E-state index contributed by atoms with van der Waals surface area (Å²) in [6.45, 7) is 0. The van der Waals surface area contributed by atoms with E-state index in [1.807, 2.05) is 0 Å². The summed E-state index contributed by atoms with van der Waals surface area (Å²) in [6, 6.07) is 95.2. The smallest absolute Gasteiger partial charge is 0.0715 e. The minimum Gasteiger partial charge on any atom is -0.248 e. The maximum atomic E-state index is 5.24. The molecule has 0 saturated carbocycles. The largest absolute Gasteiger partial charge is 0.248 e. The minimum absolute atomic E-state index is 0.502. The van der Waals surface area contributed by atoms with Crippen molar-refractivity contribution in [2.45, 2.75) is 5.41 Å². The molecule has 0 atom stereocenters. The van der Waals surface area contributed by atoms with Crippen LogP contribution in [0.3, 0.4) is 0 Å². The van der Waals surface area contributed by atoms with Gasteiger partial charge in [0.05, 0.1) is 16.8 Å². The number of rotatable bonds is 8. The summed E-state index contributed by atoms with van der Waals surface area (Å²) in [7, 11) is 0. The third-order valence-electron chi connectivity index (χ3n) is 13.3. The van der Waals surface area contributed by atoms with E-state index in [1.165, 1.54) is 72.0 Å². The number of hydrogen-bond acceptors (Lipinski definition) is 1. The van der Waals surface area contributed by atoms with Crippen molar-refractivity contribution in [3.05, 3.63) is 283 Å². The topological polar surface area (TPSA) is 12.9 Å². The second kappa shape index (κ2) is 16.1. The van der Waals surface area contributed by atoms with Crippen LogP contribution in [-0.2, 0) is 5.41 Å². The van der Waals surface area contributed by atoms with Crippen molar-refractivity contribution in [2.24, 2.45) is 0 Å². The number of pyridine rings is 1. The molecule has 12 rings (SSSR count). The predicted molar refractivity (Wildman–Crippen MR) is 272 cm³/mol. The number of aromatic nitrogens is 1. The van der Waals surface area contributed by atoms with Gasteiger partial charge in [0, 0.05) is 11.1 Å². The Hall–Kier alpha value is -8.39. The van der Waals surface area contributed by atoms with Crippen LogP contribution in [0.5, 0.6) is 0 Å². The summed E-state index contributed by atoms with van der Waals surface area (Å²) in [4.78, 5) is 5.24. The van der Waals surface area contributed by atoms with E-state index in [0.29, 0.717) is 0 Å². The first-order chi connectivity index (χ1) is 32.2. The van der Waals surface area contributed by atoms with Crippen molar-refractivity contribution in [1.29, 1.82) is 0 Å². The molecule has 0 fully saturated rings. The Morgan fingerprint density at radius 3 is 1.45 bits per heavy atom. The van der Waals surface area contributed by atoms with Crippen LogP contribution in [0.2, 0.25) is 0 Å². The Bertz CT molecular complexity index is 3400. The van der Waals surface area contributed by atoms with Gasteiger partial charge in [-0.2, -0.15) is 0 Å². The first kappa shape index (κ1) is 38.3. The third-order valence-corrected chi connectivity index (χ3v) is 13.3. The Morgan fingerprint density at radius 1 is 0.231 bits per heavy atom. The standard InChI is InChI=1S/C64H43N/c1-5-18-44(19-6-1)53-40-62(48-21-7-2-8-22-48)65-63(41-53)52-25-17-24-50(39-52)46-32-35-47(36-33-46)58-43-61-59(42-57(58)51-37-34-45-20-13-14-23-49(45)38-51)56-30-15-16-31-60(56)64(61,54-26-9-3-10-27-54)55-28-11-4-12-29-55/h1-43H. The lowest BCUT2D eigenvalue weighted by molar-refractivity contribution is 0.769. The maximum absolute atomic E-state index is 5.24. The Balaban J connectivity index is 1.02. The van der Waals surface area contributed by atoms with Crippen LogP contribution in [0, 0.1) is 0 Å². The molecule has 0 N–H and O–H groups in total. The monoisotopic (exact) mass is 825 g/mol. The highest BCUT2D eigenvalue weighted by molar-refractivity contribution is 5.97. The van der Waals surface area contributed by atoms with E-state index < -0.39 is 5.41 Å². The molecule has 304 valence electrons. The molecule has 1 aliphatic carbocycles. The summed E-state index contributed by atoms with van der Waals surface area (Å²) < 4.78 is 0. The number of benzene rings is 10. The van der Waals surface area contributed by atoms with Gasteiger partial charge >= 0.3 is 0 Å². The molecule has 1 heteroatoms. The molecule has 0 saturated heterocycles. The van der Waals surface area contributed by atoms with Crippen molar-refractivity contribution in [2.75, 3.05) is 0 Å². The van der Waals surface area contributed by atoms with Crippen LogP contribution in [0.15, 0.2) is 261 Å². The first-order valence-electron chi connectivity index (χ1n) is 22.4. The van der Waals surface area contributed by atoms with Crippen LogP contribution >= 0.6 is 0 Å². The molecule has 1 aromatic heterocycles. The number of nitrogens with zero attached hydrogens (tertiary/aromatic N) is 1. The van der Waals surface area contributed by atoms with E-state index in [2.05, 4.69) is 261 Å². The van der Waals surface area contributed by atoms with Gasteiger partial charge in [-0.25, -0.2) is 4.98 Å². The zero-order valence-electron chi connectivity index (χ0n) is 35.8. The molecule has 1 nitrogen and oxygen atoms in total. The molecule has 0 spiro atoms. The van der Waals surface area contributed by atoms with Gasteiger partial charge in [-0.15, -0.1) is 0 Å². The second-order valence-corrected chi connectivity index (χ2v) is 17.0. The maximum Gasteiger partial charge on any atom is 0.0715 e. The van der Waals surface area contributed by atoms with Crippen LogP contribution in [0.25, 0.3) is 88.9 Å². The fourth-order valence-corrected chi connectivity index (χ4v) is 10.3. The Labute approximate surface area is 380 Å². The van der Waals surface area contributed by atoms with E-state index in [4.69, 9.17) is 4.98 Å². The zero-order valence-corrected chi connectivity index (χ0v) is 35.8. The van der Waals surface area contributed by atoms with Crippen molar-refractivity contribution in [3.63, 3.8) is 0 Å². The van der Waals surface area contributed by atoms with E-state index in [9.17, 15) is 0 Å². The summed E-state index contributed by atoms with van der Waals surface area (Å²) in [5.74, 6) is 0. The van der Waals surface area contributed by atoms with Gasteiger partial charge in [-0.05, 0) is 125 Å². The molecule has 65 heavy (non-hydrogen) atoms. The third kappa shape index (κ3) is 6.69. The molecule has 11 aromatic rings. The first-order valence-corrected chi connectivity index (χ1v) is 22.4. The average Bonchev–Trinajstić information content (AvgIpc) is 3.69. The van der Waals surface area contributed by atoms with Crippen LogP contribution in [0.4, 0.5) is 0 Å². The SMILES string of the molecule is c1ccc(-c2cc(-c3ccccc3)nc(-c3cccc(-c4ccc(-c5cc6c(cc5-c5ccc7ccccc7c5)-c5ccccc5C6(c5ccccc5)c5ccccc5)cc4)c3)c2)cc1. The molecule has 10 aromatic carbocycles. The lowest BCUT2D eigenvalue weighted by Crippen LogP contribution is -2.28. The van der Waals surface area contributed by atoms with E-state index in [1.54, 1.807) is 0 Å². The fraction of sp³-hybridized carbons (Fsp3) is 0.0156. The van der Waals surface area contributed by atoms with Crippen molar-refractivity contribution in [1.82, 2.24) is 4.98 Å². The predicted octanol–water partition coefficient (Wildman–Crippen LogP) is 16.6. The molecular formula is C64H43N. The van der Waals surface area contributed by atoms with E-state index in [0.717, 1.165) is 39.2 Å². The van der Waals surface area contributed by atoms with Gasteiger partial charge < -0.3 is 0 Å².